The third-order valence-electron chi connectivity index (χ3n) is 3.17. The normalized spacial score (nSPS) is 45.2. The summed E-state index contributed by atoms with van der Waals surface area (Å²) >= 11 is 0. The number of rotatable bonds is 1. The smallest absolute Gasteiger partial charge is 0.155 e. The van der Waals surface area contributed by atoms with E-state index in [4.69, 9.17) is 9.47 Å². The molecule has 1 heterocycles. The fourth-order valence-corrected chi connectivity index (χ4v) is 2.37. The van der Waals surface area contributed by atoms with Crippen LogP contribution in [0.25, 0.3) is 0 Å². The molecule has 0 spiro atoms. The van der Waals surface area contributed by atoms with Crippen molar-refractivity contribution in [2.45, 2.75) is 50.7 Å². The van der Waals surface area contributed by atoms with Crippen LogP contribution in [0.4, 0.5) is 0 Å². The van der Waals surface area contributed by atoms with Gasteiger partial charge in [-0.1, -0.05) is 0 Å². The molecule has 0 N–H and O–H groups in total. The summed E-state index contributed by atoms with van der Waals surface area (Å²) in [5, 5.41) is 0. The monoisotopic (exact) mass is 185 g/mol. The van der Waals surface area contributed by atoms with Crippen LogP contribution in [0.3, 0.4) is 0 Å². The van der Waals surface area contributed by atoms with Gasteiger partial charge in [-0.2, -0.15) is 0 Å². The molecule has 1 unspecified atom stereocenters. The molecule has 0 amide bonds. The van der Waals surface area contributed by atoms with Gasteiger partial charge in [0.25, 0.3) is 0 Å². The minimum atomic E-state index is 0.0101. The molecule has 13 heavy (non-hydrogen) atoms. The molecule has 1 saturated carbocycles. The molecule has 3 heteroatoms. The topological polar surface area (TPSA) is 21.7 Å². The average molecular weight is 185 g/mol. The van der Waals surface area contributed by atoms with Gasteiger partial charge in [-0.15, -0.1) is 0 Å². The Morgan fingerprint density at radius 2 is 1.77 bits per heavy atom. The van der Waals surface area contributed by atoms with E-state index in [0.717, 1.165) is 12.8 Å². The Balaban J connectivity index is 1.93. The summed E-state index contributed by atoms with van der Waals surface area (Å²) in [7, 11) is 4.29. The van der Waals surface area contributed by atoms with E-state index in [0.29, 0.717) is 18.2 Å². The molecule has 0 aromatic rings. The van der Waals surface area contributed by atoms with Crippen LogP contribution in [0.15, 0.2) is 0 Å². The van der Waals surface area contributed by atoms with E-state index in [-0.39, 0.29) is 6.29 Å². The first-order valence-electron chi connectivity index (χ1n) is 5.14. The van der Waals surface area contributed by atoms with Gasteiger partial charge >= 0.3 is 0 Å². The fraction of sp³-hybridized carbons (Fsp3) is 1.00. The maximum absolute atomic E-state index is 5.70. The van der Waals surface area contributed by atoms with E-state index in [9.17, 15) is 0 Å². The largest absolute Gasteiger partial charge is 0.347 e. The van der Waals surface area contributed by atoms with Crippen LogP contribution >= 0.6 is 0 Å². The molecule has 3 nitrogen and oxygen atoms in total. The molecule has 2 aliphatic rings. The first-order valence-corrected chi connectivity index (χ1v) is 5.14. The van der Waals surface area contributed by atoms with Crippen LogP contribution in [0.1, 0.15) is 26.2 Å². The van der Waals surface area contributed by atoms with E-state index in [1.165, 1.54) is 6.42 Å². The van der Waals surface area contributed by atoms with Gasteiger partial charge in [-0.3, -0.25) is 0 Å². The zero-order valence-corrected chi connectivity index (χ0v) is 8.69. The Labute approximate surface area is 80.0 Å². The third kappa shape index (κ3) is 1.87. The van der Waals surface area contributed by atoms with Gasteiger partial charge < -0.3 is 14.4 Å². The molecule has 2 fully saturated rings. The predicted molar refractivity (Wildman–Crippen MR) is 50.5 cm³/mol. The summed E-state index contributed by atoms with van der Waals surface area (Å²) in [6, 6.07) is 0.676. The molecule has 1 aliphatic heterocycles. The van der Waals surface area contributed by atoms with E-state index in [2.05, 4.69) is 19.0 Å². The van der Waals surface area contributed by atoms with Crippen molar-refractivity contribution in [1.29, 1.82) is 0 Å². The number of ether oxygens (including phenoxy) is 2. The summed E-state index contributed by atoms with van der Waals surface area (Å²) in [5.74, 6) is 0. The fourth-order valence-electron chi connectivity index (χ4n) is 2.37. The first-order chi connectivity index (χ1) is 6.16. The van der Waals surface area contributed by atoms with E-state index >= 15 is 0 Å². The third-order valence-corrected chi connectivity index (χ3v) is 3.17. The van der Waals surface area contributed by atoms with Crippen LogP contribution < -0.4 is 0 Å². The van der Waals surface area contributed by atoms with E-state index in [1.807, 2.05) is 6.92 Å². The highest BCUT2D eigenvalue weighted by Gasteiger charge is 2.39. The van der Waals surface area contributed by atoms with Crippen LogP contribution in [0.5, 0.6) is 0 Å². The van der Waals surface area contributed by atoms with Gasteiger partial charge in [0, 0.05) is 6.04 Å². The molecular weight excluding hydrogens is 166 g/mol. The molecule has 4 atom stereocenters. The summed E-state index contributed by atoms with van der Waals surface area (Å²) in [5.41, 5.74) is 0. The van der Waals surface area contributed by atoms with Crippen LogP contribution in [-0.4, -0.2) is 43.5 Å². The first kappa shape index (κ1) is 9.44. The van der Waals surface area contributed by atoms with Crippen molar-refractivity contribution < 1.29 is 9.47 Å². The highest BCUT2D eigenvalue weighted by Crippen LogP contribution is 2.32. The number of fused-ring (bicyclic) bond motifs is 1. The molecule has 2 rings (SSSR count). The lowest BCUT2D eigenvalue weighted by molar-refractivity contribution is -0.0504. The second-order valence-electron chi connectivity index (χ2n) is 4.35. The Morgan fingerprint density at radius 3 is 2.46 bits per heavy atom. The minimum absolute atomic E-state index is 0.0101. The molecule has 0 radical (unpaired) electrons. The van der Waals surface area contributed by atoms with Crippen molar-refractivity contribution in [2.24, 2.45) is 0 Å². The average Bonchev–Trinajstić information content (AvgIpc) is 2.42. The lowest BCUT2D eigenvalue weighted by Crippen LogP contribution is -2.40. The molecule has 1 aliphatic carbocycles. The lowest BCUT2D eigenvalue weighted by atomic mass is 9.90. The highest BCUT2D eigenvalue weighted by atomic mass is 16.7. The van der Waals surface area contributed by atoms with E-state index < -0.39 is 0 Å². The predicted octanol–water partition coefficient (Wildman–Crippen LogP) is 1.23. The number of hydrogen-bond acceptors (Lipinski definition) is 3. The Bertz CT molecular complexity index is 184. The van der Waals surface area contributed by atoms with Gasteiger partial charge in [0.15, 0.2) is 6.29 Å². The summed E-state index contributed by atoms with van der Waals surface area (Å²) in [6.07, 6.45) is 4.24. The lowest BCUT2D eigenvalue weighted by Gasteiger charge is -2.33. The molecule has 76 valence electrons. The van der Waals surface area contributed by atoms with Gasteiger partial charge in [-0.05, 0) is 40.3 Å². The second-order valence-corrected chi connectivity index (χ2v) is 4.35. The van der Waals surface area contributed by atoms with Gasteiger partial charge in [0.1, 0.15) is 0 Å². The molecule has 0 bridgehead atoms. The minimum Gasteiger partial charge on any atom is -0.347 e. The van der Waals surface area contributed by atoms with Gasteiger partial charge in [-0.25, -0.2) is 0 Å². The van der Waals surface area contributed by atoms with E-state index in [1.54, 1.807) is 0 Å². The Hall–Kier alpha value is -0.120. The van der Waals surface area contributed by atoms with Crippen LogP contribution in [0, 0.1) is 0 Å². The molecule has 0 aromatic heterocycles. The molecular formula is C10H19NO2. The number of nitrogens with zero attached hydrogens (tertiary/aromatic N) is 1. The maximum Gasteiger partial charge on any atom is 0.155 e. The Kier molecular flexibility index (Phi) is 2.58. The Morgan fingerprint density at radius 1 is 1.08 bits per heavy atom. The van der Waals surface area contributed by atoms with Gasteiger partial charge in [0.2, 0.25) is 0 Å². The van der Waals surface area contributed by atoms with Crippen molar-refractivity contribution in [3.8, 4) is 0 Å². The quantitative estimate of drug-likeness (QED) is 0.613. The molecule has 1 saturated heterocycles. The summed E-state index contributed by atoms with van der Waals surface area (Å²) < 4.78 is 11.3. The van der Waals surface area contributed by atoms with Crippen molar-refractivity contribution in [1.82, 2.24) is 4.90 Å². The zero-order chi connectivity index (χ0) is 9.42. The van der Waals surface area contributed by atoms with Gasteiger partial charge in [0.05, 0.1) is 12.2 Å². The molecule has 0 aromatic carbocycles. The van der Waals surface area contributed by atoms with Crippen molar-refractivity contribution in [3.63, 3.8) is 0 Å². The summed E-state index contributed by atoms with van der Waals surface area (Å²) in [4.78, 5) is 2.29. The zero-order valence-electron chi connectivity index (χ0n) is 8.69. The van der Waals surface area contributed by atoms with Crippen molar-refractivity contribution in [3.05, 3.63) is 0 Å². The maximum atomic E-state index is 5.70. The second kappa shape index (κ2) is 3.56. The van der Waals surface area contributed by atoms with Crippen molar-refractivity contribution in [2.75, 3.05) is 14.1 Å². The van der Waals surface area contributed by atoms with Crippen LogP contribution in [0.2, 0.25) is 0 Å². The standard InChI is InChI=1S/C10H19NO2/c1-7-12-9-5-4-8(11(2)3)6-10(9)13-7/h7-10H,4-6H2,1-3H3/t7?,8-,9-,10-/m1/s1. The highest BCUT2D eigenvalue weighted by molar-refractivity contribution is 4.88. The SMILES string of the molecule is CC1O[C@@H]2CC[C@@H](N(C)C)C[C@H]2O1. The van der Waals surface area contributed by atoms with Crippen LogP contribution in [-0.2, 0) is 9.47 Å². The number of hydrogen-bond donors (Lipinski definition) is 0. The summed E-state index contributed by atoms with van der Waals surface area (Å²) in [6.45, 7) is 1.99. The van der Waals surface area contributed by atoms with Crippen molar-refractivity contribution >= 4 is 0 Å².